The van der Waals surface area contributed by atoms with Gasteiger partial charge in [-0.2, -0.15) is 0 Å². The quantitative estimate of drug-likeness (QED) is 0.575. The van der Waals surface area contributed by atoms with Gasteiger partial charge in [-0.1, -0.05) is 26.1 Å². The molecule has 98 valence electrons. The summed E-state index contributed by atoms with van der Waals surface area (Å²) < 4.78 is 0. The molecule has 0 saturated heterocycles. The Labute approximate surface area is 108 Å². The molecular weight excluding hydrogens is 238 g/mol. The summed E-state index contributed by atoms with van der Waals surface area (Å²) in [6, 6.07) is -0.572. The molecule has 4 N–H and O–H groups in total. The van der Waals surface area contributed by atoms with Gasteiger partial charge in [0.05, 0.1) is 10.9 Å². The van der Waals surface area contributed by atoms with Crippen molar-refractivity contribution in [2.75, 3.05) is 6.54 Å². The Morgan fingerprint density at radius 2 is 1.88 bits per heavy atom. The molecule has 2 amide bonds. The van der Waals surface area contributed by atoms with Crippen LogP contribution in [-0.2, 0) is 9.59 Å². The van der Waals surface area contributed by atoms with Crippen molar-refractivity contribution in [3.05, 3.63) is 0 Å². The molecule has 0 rings (SSSR count). The smallest absolute Gasteiger partial charge is 0.242 e. The van der Waals surface area contributed by atoms with E-state index in [9.17, 15) is 9.59 Å². The number of hydrogen-bond acceptors (Lipinski definition) is 3. The van der Waals surface area contributed by atoms with E-state index >= 15 is 0 Å². The van der Waals surface area contributed by atoms with Gasteiger partial charge >= 0.3 is 0 Å². The molecule has 0 saturated carbocycles. The zero-order valence-corrected chi connectivity index (χ0v) is 11.4. The summed E-state index contributed by atoms with van der Waals surface area (Å²) in [7, 11) is 0. The minimum Gasteiger partial charge on any atom is -0.393 e. The second-order valence-corrected chi connectivity index (χ2v) is 4.36. The fraction of sp³-hybridized carbons (Fsp3) is 0.727. The van der Waals surface area contributed by atoms with Crippen LogP contribution in [0.3, 0.4) is 0 Å². The molecule has 0 aromatic rings. The summed E-state index contributed by atoms with van der Waals surface area (Å²) in [5, 5.41) is 5.31. The van der Waals surface area contributed by atoms with Gasteiger partial charge in [0.15, 0.2) is 0 Å². The average Bonchev–Trinajstić information content (AvgIpc) is 2.25. The standard InChI is InChI=1S/C11H21N3O2S/c1-4-6-13-10(15)7(3)14-11(16)8(5-2)9(12)17/h7-8H,4-6H2,1-3H3,(H2,12,17)(H,13,15)(H,14,16). The van der Waals surface area contributed by atoms with Crippen LogP contribution in [0.1, 0.15) is 33.6 Å². The van der Waals surface area contributed by atoms with Gasteiger partial charge in [-0.25, -0.2) is 0 Å². The van der Waals surface area contributed by atoms with Crippen molar-refractivity contribution >= 4 is 29.0 Å². The molecule has 0 aromatic carbocycles. The predicted octanol–water partition coefficient (Wildman–Crippen LogP) is 0.330. The number of hydrogen-bond donors (Lipinski definition) is 3. The Bertz CT molecular complexity index is 294. The topological polar surface area (TPSA) is 84.2 Å². The summed E-state index contributed by atoms with van der Waals surface area (Å²) in [5.74, 6) is -0.997. The Kier molecular flexibility index (Phi) is 7.45. The van der Waals surface area contributed by atoms with Gasteiger partial charge in [0.2, 0.25) is 11.8 Å². The van der Waals surface area contributed by atoms with Crippen LogP contribution in [-0.4, -0.2) is 29.4 Å². The first-order valence-electron chi connectivity index (χ1n) is 5.81. The van der Waals surface area contributed by atoms with Crippen LogP contribution in [0.25, 0.3) is 0 Å². The lowest BCUT2D eigenvalue weighted by Crippen LogP contribution is -2.48. The molecule has 0 bridgehead atoms. The van der Waals surface area contributed by atoms with Crippen molar-refractivity contribution in [3.8, 4) is 0 Å². The molecule has 6 heteroatoms. The fourth-order valence-corrected chi connectivity index (χ4v) is 1.57. The van der Waals surface area contributed by atoms with Gasteiger partial charge in [-0.15, -0.1) is 0 Å². The Morgan fingerprint density at radius 1 is 1.29 bits per heavy atom. The van der Waals surface area contributed by atoms with E-state index < -0.39 is 12.0 Å². The molecule has 0 aliphatic carbocycles. The molecule has 2 unspecified atom stereocenters. The van der Waals surface area contributed by atoms with Crippen molar-refractivity contribution in [2.24, 2.45) is 11.7 Å². The zero-order valence-electron chi connectivity index (χ0n) is 10.6. The minimum atomic E-state index is -0.572. The minimum absolute atomic E-state index is 0.158. The van der Waals surface area contributed by atoms with Crippen molar-refractivity contribution in [2.45, 2.75) is 39.7 Å². The van der Waals surface area contributed by atoms with Crippen LogP contribution < -0.4 is 16.4 Å². The maximum Gasteiger partial charge on any atom is 0.242 e. The highest BCUT2D eigenvalue weighted by Crippen LogP contribution is 2.03. The summed E-state index contributed by atoms with van der Waals surface area (Å²) in [5.41, 5.74) is 5.45. The summed E-state index contributed by atoms with van der Waals surface area (Å²) in [6.07, 6.45) is 1.39. The first-order valence-corrected chi connectivity index (χ1v) is 6.22. The highest BCUT2D eigenvalue weighted by atomic mass is 32.1. The number of carbonyl (C=O) groups excluding carboxylic acids is 2. The monoisotopic (exact) mass is 259 g/mol. The van der Waals surface area contributed by atoms with Gasteiger partial charge < -0.3 is 16.4 Å². The van der Waals surface area contributed by atoms with Crippen LogP contribution in [0, 0.1) is 5.92 Å². The lowest BCUT2D eigenvalue weighted by Gasteiger charge is -2.18. The van der Waals surface area contributed by atoms with Crippen LogP contribution >= 0.6 is 12.2 Å². The van der Waals surface area contributed by atoms with Crippen LogP contribution in [0.2, 0.25) is 0 Å². The fourth-order valence-electron chi connectivity index (χ4n) is 1.30. The van der Waals surface area contributed by atoms with Gasteiger partial charge in [0, 0.05) is 6.54 Å². The molecule has 0 fully saturated rings. The Hall–Kier alpha value is -1.17. The summed E-state index contributed by atoms with van der Waals surface area (Å²) in [6.45, 7) is 6.02. The molecule has 0 radical (unpaired) electrons. The van der Waals surface area contributed by atoms with E-state index in [2.05, 4.69) is 10.6 Å². The second-order valence-electron chi connectivity index (χ2n) is 3.88. The van der Waals surface area contributed by atoms with E-state index in [0.717, 1.165) is 6.42 Å². The van der Waals surface area contributed by atoms with Crippen LogP contribution in [0.15, 0.2) is 0 Å². The van der Waals surface area contributed by atoms with Gasteiger partial charge in [0.25, 0.3) is 0 Å². The van der Waals surface area contributed by atoms with E-state index in [1.165, 1.54) is 0 Å². The van der Waals surface area contributed by atoms with E-state index in [0.29, 0.717) is 13.0 Å². The van der Waals surface area contributed by atoms with Crippen LogP contribution in [0.5, 0.6) is 0 Å². The highest BCUT2D eigenvalue weighted by Gasteiger charge is 2.23. The number of nitrogens with two attached hydrogens (primary N) is 1. The molecule has 0 heterocycles. The first kappa shape index (κ1) is 15.8. The van der Waals surface area contributed by atoms with E-state index in [4.69, 9.17) is 18.0 Å². The molecule has 0 spiro atoms. The lowest BCUT2D eigenvalue weighted by atomic mass is 10.1. The largest absolute Gasteiger partial charge is 0.393 e. The average molecular weight is 259 g/mol. The van der Waals surface area contributed by atoms with E-state index in [1.807, 2.05) is 13.8 Å². The first-order chi connectivity index (χ1) is 7.93. The predicted molar refractivity (Wildman–Crippen MR) is 71.5 cm³/mol. The molecule has 17 heavy (non-hydrogen) atoms. The lowest BCUT2D eigenvalue weighted by molar-refractivity contribution is -0.129. The van der Waals surface area contributed by atoms with E-state index in [-0.39, 0.29) is 16.8 Å². The Balaban J connectivity index is 4.27. The number of rotatable bonds is 7. The van der Waals surface area contributed by atoms with Gasteiger partial charge in [0.1, 0.15) is 6.04 Å². The van der Waals surface area contributed by atoms with Crippen LogP contribution in [0.4, 0.5) is 0 Å². The molecular formula is C11H21N3O2S. The number of nitrogens with one attached hydrogen (secondary N) is 2. The SMILES string of the molecule is CCCNC(=O)C(C)NC(=O)C(CC)C(N)=S. The third-order valence-electron chi connectivity index (χ3n) is 2.37. The van der Waals surface area contributed by atoms with Crippen molar-refractivity contribution in [1.29, 1.82) is 0 Å². The van der Waals surface area contributed by atoms with Crippen molar-refractivity contribution < 1.29 is 9.59 Å². The third kappa shape index (κ3) is 5.63. The Morgan fingerprint density at radius 3 is 2.29 bits per heavy atom. The maximum atomic E-state index is 11.7. The molecule has 0 aromatic heterocycles. The summed E-state index contributed by atoms with van der Waals surface area (Å²) >= 11 is 4.80. The van der Waals surface area contributed by atoms with Gasteiger partial charge in [-0.05, 0) is 19.8 Å². The van der Waals surface area contributed by atoms with Crippen molar-refractivity contribution in [1.82, 2.24) is 10.6 Å². The number of thiocarbonyl (C=S) groups is 1. The normalized spacial score (nSPS) is 13.6. The molecule has 5 nitrogen and oxygen atoms in total. The zero-order chi connectivity index (χ0) is 13.4. The van der Waals surface area contributed by atoms with Gasteiger partial charge in [-0.3, -0.25) is 9.59 Å². The summed E-state index contributed by atoms with van der Waals surface area (Å²) in [4.78, 5) is 23.4. The second kappa shape index (κ2) is 8.00. The third-order valence-corrected chi connectivity index (χ3v) is 2.65. The number of carbonyl (C=O) groups is 2. The number of amides is 2. The maximum absolute atomic E-state index is 11.7. The van der Waals surface area contributed by atoms with E-state index in [1.54, 1.807) is 6.92 Å². The van der Waals surface area contributed by atoms with Crippen molar-refractivity contribution in [3.63, 3.8) is 0 Å². The molecule has 0 aliphatic rings. The highest BCUT2D eigenvalue weighted by molar-refractivity contribution is 7.80. The molecule has 0 aliphatic heterocycles. The molecule has 2 atom stereocenters.